The van der Waals surface area contributed by atoms with Crippen LogP contribution in [-0.2, 0) is 0 Å². The van der Waals surface area contributed by atoms with Gasteiger partial charge in [0.15, 0.2) is 11.5 Å². The molecule has 0 saturated heterocycles. The Morgan fingerprint density at radius 3 is 2.52 bits per heavy atom. The number of nitrogens with one attached hydrogen (secondary N) is 1. The van der Waals surface area contributed by atoms with Gasteiger partial charge in [0.25, 0.3) is 0 Å². The molecule has 2 aromatic carbocycles. The normalized spacial score (nSPS) is 16.6. The first-order valence-corrected chi connectivity index (χ1v) is 6.35. The van der Waals surface area contributed by atoms with Crippen LogP contribution in [0.15, 0.2) is 42.5 Å². The van der Waals surface area contributed by atoms with E-state index in [0.29, 0.717) is 11.3 Å². The van der Waals surface area contributed by atoms with Gasteiger partial charge in [-0.15, -0.1) is 8.78 Å². The molecular weight excluding hydrogens is 283 g/mol. The quantitative estimate of drug-likeness (QED) is 0.914. The monoisotopic (exact) mass is 295 g/mol. The summed E-state index contributed by atoms with van der Waals surface area (Å²) in [5.41, 5.74) is 1.02. The number of rotatable bonds is 3. The smallest absolute Gasteiger partial charge is 0.395 e. The minimum atomic E-state index is -3.64. The predicted octanol–water partition coefficient (Wildman–Crippen LogP) is 4.32. The first-order chi connectivity index (χ1) is 9.94. The Morgan fingerprint density at radius 2 is 1.76 bits per heavy atom. The van der Waals surface area contributed by atoms with Crippen molar-refractivity contribution in [1.82, 2.24) is 0 Å². The second-order valence-electron chi connectivity index (χ2n) is 4.72. The van der Waals surface area contributed by atoms with Gasteiger partial charge in [-0.1, -0.05) is 18.2 Å². The number of fused-ring (bicyclic) bond motifs is 1. The summed E-state index contributed by atoms with van der Waals surface area (Å²) in [5.74, 6) is -0.403. The minimum Gasteiger partial charge on any atom is -0.395 e. The van der Waals surface area contributed by atoms with Crippen LogP contribution in [0.1, 0.15) is 18.5 Å². The van der Waals surface area contributed by atoms with E-state index in [0.717, 1.165) is 0 Å². The van der Waals surface area contributed by atoms with E-state index in [1.54, 1.807) is 31.2 Å². The Bertz CT molecular complexity index is 676. The number of alkyl halides is 2. The summed E-state index contributed by atoms with van der Waals surface area (Å²) < 4.78 is 48.2. The molecule has 1 aliphatic rings. The van der Waals surface area contributed by atoms with Crippen LogP contribution < -0.4 is 14.8 Å². The van der Waals surface area contributed by atoms with Gasteiger partial charge in [-0.3, -0.25) is 0 Å². The van der Waals surface area contributed by atoms with E-state index in [4.69, 9.17) is 0 Å². The molecule has 0 radical (unpaired) electrons. The highest BCUT2D eigenvalue weighted by molar-refractivity contribution is 5.56. The van der Waals surface area contributed by atoms with Crippen molar-refractivity contribution >= 4 is 5.69 Å². The van der Waals surface area contributed by atoms with Crippen molar-refractivity contribution in [2.24, 2.45) is 0 Å². The van der Waals surface area contributed by atoms with Gasteiger partial charge in [-0.05, 0) is 25.1 Å². The largest absolute Gasteiger partial charge is 0.586 e. The maximum Gasteiger partial charge on any atom is 0.586 e. The molecule has 1 atom stereocenters. The Labute approximate surface area is 119 Å². The molecule has 0 amide bonds. The molecule has 1 N–H and O–H groups in total. The Kier molecular flexibility index (Phi) is 3.16. The lowest BCUT2D eigenvalue weighted by Gasteiger charge is -2.16. The van der Waals surface area contributed by atoms with Crippen molar-refractivity contribution in [2.45, 2.75) is 19.3 Å². The highest BCUT2D eigenvalue weighted by atomic mass is 19.3. The van der Waals surface area contributed by atoms with Crippen LogP contribution in [0.3, 0.4) is 0 Å². The van der Waals surface area contributed by atoms with Crippen LogP contribution >= 0.6 is 0 Å². The Balaban J connectivity index is 1.79. The van der Waals surface area contributed by atoms with Crippen LogP contribution in [0.2, 0.25) is 0 Å². The molecule has 1 unspecified atom stereocenters. The lowest BCUT2D eigenvalue weighted by atomic mass is 10.1. The summed E-state index contributed by atoms with van der Waals surface area (Å²) in [5, 5.41) is 3.04. The number of ether oxygens (including phenoxy) is 2. The molecule has 110 valence electrons. The second kappa shape index (κ2) is 4.87. The summed E-state index contributed by atoms with van der Waals surface area (Å²) >= 11 is 0. The van der Waals surface area contributed by atoms with E-state index in [9.17, 15) is 13.2 Å². The van der Waals surface area contributed by atoms with Crippen molar-refractivity contribution in [2.75, 3.05) is 5.32 Å². The predicted molar refractivity (Wildman–Crippen MR) is 71.1 cm³/mol. The van der Waals surface area contributed by atoms with E-state index >= 15 is 0 Å². The highest BCUT2D eigenvalue weighted by Crippen LogP contribution is 2.42. The molecule has 1 aliphatic heterocycles. The van der Waals surface area contributed by atoms with Crippen LogP contribution in [0.4, 0.5) is 18.9 Å². The summed E-state index contributed by atoms with van der Waals surface area (Å²) in [6.45, 7) is 1.78. The number of hydrogen-bond donors (Lipinski definition) is 1. The van der Waals surface area contributed by atoms with Gasteiger partial charge >= 0.3 is 6.29 Å². The first kappa shape index (κ1) is 13.6. The fraction of sp³-hybridized carbons (Fsp3) is 0.200. The van der Waals surface area contributed by atoms with E-state index in [-0.39, 0.29) is 23.4 Å². The average Bonchev–Trinajstić information content (AvgIpc) is 2.72. The molecule has 21 heavy (non-hydrogen) atoms. The second-order valence-corrected chi connectivity index (χ2v) is 4.72. The molecule has 0 aliphatic carbocycles. The average molecular weight is 295 g/mol. The standard InChI is InChI=1S/C15H12F3NO2/c1-9(11-4-2-3-5-12(11)16)19-10-6-7-13-14(8-10)21-15(17,18)20-13/h2-9,19H,1H3. The third kappa shape index (κ3) is 2.74. The zero-order valence-electron chi connectivity index (χ0n) is 11.1. The van der Waals surface area contributed by atoms with Crippen molar-refractivity contribution in [1.29, 1.82) is 0 Å². The van der Waals surface area contributed by atoms with Gasteiger partial charge in [0.2, 0.25) is 0 Å². The molecule has 0 saturated carbocycles. The Hall–Kier alpha value is -2.37. The topological polar surface area (TPSA) is 30.5 Å². The zero-order valence-corrected chi connectivity index (χ0v) is 11.1. The maximum absolute atomic E-state index is 13.7. The Morgan fingerprint density at radius 1 is 1.05 bits per heavy atom. The number of hydrogen-bond acceptors (Lipinski definition) is 3. The molecule has 3 rings (SSSR count). The number of anilines is 1. The molecule has 2 aromatic rings. The van der Waals surface area contributed by atoms with Crippen LogP contribution in [0.5, 0.6) is 11.5 Å². The summed E-state index contributed by atoms with van der Waals surface area (Å²) in [6, 6.07) is 10.4. The van der Waals surface area contributed by atoms with E-state index in [2.05, 4.69) is 14.8 Å². The molecule has 0 aromatic heterocycles. The van der Waals surface area contributed by atoms with Crippen molar-refractivity contribution < 1.29 is 22.6 Å². The molecule has 0 bridgehead atoms. The number of halogens is 3. The van der Waals surface area contributed by atoms with Crippen LogP contribution in [-0.4, -0.2) is 6.29 Å². The van der Waals surface area contributed by atoms with E-state index < -0.39 is 6.29 Å². The lowest BCUT2D eigenvalue weighted by Crippen LogP contribution is -2.25. The van der Waals surface area contributed by atoms with Crippen molar-refractivity contribution in [3.8, 4) is 11.5 Å². The van der Waals surface area contributed by atoms with Crippen molar-refractivity contribution in [3.63, 3.8) is 0 Å². The third-order valence-electron chi connectivity index (χ3n) is 3.16. The van der Waals surface area contributed by atoms with Crippen LogP contribution in [0.25, 0.3) is 0 Å². The van der Waals surface area contributed by atoms with Crippen molar-refractivity contribution in [3.05, 3.63) is 53.8 Å². The molecule has 3 nitrogen and oxygen atoms in total. The molecule has 0 fully saturated rings. The summed E-state index contributed by atoms with van der Waals surface area (Å²) in [4.78, 5) is 0. The molecular formula is C15H12F3NO2. The van der Waals surface area contributed by atoms with Crippen LogP contribution in [0, 0.1) is 5.82 Å². The van der Waals surface area contributed by atoms with Gasteiger partial charge in [0, 0.05) is 17.3 Å². The molecule has 6 heteroatoms. The number of benzene rings is 2. The van der Waals surface area contributed by atoms with E-state index in [1.807, 2.05) is 0 Å². The lowest BCUT2D eigenvalue weighted by molar-refractivity contribution is -0.286. The SMILES string of the molecule is CC(Nc1ccc2c(c1)OC(F)(F)O2)c1ccccc1F. The minimum absolute atomic E-state index is 0.0240. The summed E-state index contributed by atoms with van der Waals surface area (Å²) in [7, 11) is 0. The molecule has 0 spiro atoms. The van der Waals surface area contributed by atoms with Gasteiger partial charge in [-0.2, -0.15) is 0 Å². The fourth-order valence-corrected chi connectivity index (χ4v) is 2.19. The van der Waals surface area contributed by atoms with Gasteiger partial charge in [0.05, 0.1) is 6.04 Å². The van der Waals surface area contributed by atoms with E-state index in [1.165, 1.54) is 18.2 Å². The zero-order chi connectivity index (χ0) is 15.0. The third-order valence-corrected chi connectivity index (χ3v) is 3.16. The summed E-state index contributed by atoms with van der Waals surface area (Å²) in [6.07, 6.45) is -3.64. The first-order valence-electron chi connectivity index (χ1n) is 6.35. The van der Waals surface area contributed by atoms with Gasteiger partial charge < -0.3 is 14.8 Å². The fourth-order valence-electron chi connectivity index (χ4n) is 2.19. The van der Waals surface area contributed by atoms with Gasteiger partial charge in [0.1, 0.15) is 5.82 Å². The highest BCUT2D eigenvalue weighted by Gasteiger charge is 2.43. The molecule has 1 heterocycles. The maximum atomic E-state index is 13.7. The van der Waals surface area contributed by atoms with Gasteiger partial charge in [-0.25, -0.2) is 4.39 Å².